The van der Waals surface area contributed by atoms with Crippen molar-refractivity contribution in [1.82, 2.24) is 15.2 Å². The Balaban J connectivity index is 1.39. The molecule has 0 saturated carbocycles. The molecule has 1 fully saturated rings. The number of carbonyl (C=O) groups excluding carboxylic acids is 2. The van der Waals surface area contributed by atoms with Crippen molar-refractivity contribution in [2.24, 2.45) is 5.41 Å². The van der Waals surface area contributed by atoms with Gasteiger partial charge >= 0.3 is 0 Å². The van der Waals surface area contributed by atoms with Crippen molar-refractivity contribution in [2.75, 3.05) is 13.1 Å². The van der Waals surface area contributed by atoms with Crippen LogP contribution in [0.5, 0.6) is 0 Å². The summed E-state index contributed by atoms with van der Waals surface area (Å²) >= 11 is 0. The van der Waals surface area contributed by atoms with Gasteiger partial charge in [-0.05, 0) is 55.2 Å². The molecule has 2 amide bonds. The van der Waals surface area contributed by atoms with Crippen molar-refractivity contribution >= 4 is 22.7 Å². The number of piperidine rings is 1. The molecule has 4 rings (SSSR count). The Morgan fingerprint density at radius 2 is 1.71 bits per heavy atom. The number of benzene rings is 2. The number of amides is 2. The first kappa shape index (κ1) is 24.1. The van der Waals surface area contributed by atoms with Crippen LogP contribution in [0.4, 0.5) is 0 Å². The summed E-state index contributed by atoms with van der Waals surface area (Å²) in [6, 6.07) is 18.2. The van der Waals surface area contributed by atoms with Crippen LogP contribution in [0, 0.1) is 5.41 Å². The summed E-state index contributed by atoms with van der Waals surface area (Å²) in [6.07, 6.45) is 6.42. The molecule has 1 aliphatic rings. The number of nitrogens with zero attached hydrogens (tertiary/aromatic N) is 1. The summed E-state index contributed by atoms with van der Waals surface area (Å²) < 4.78 is 0. The quantitative estimate of drug-likeness (QED) is 0.495. The first-order chi connectivity index (χ1) is 16.3. The number of hydrogen-bond donors (Lipinski definition) is 2. The molecular weight excluding hydrogens is 422 g/mol. The Bertz CT molecular complexity index is 1110. The van der Waals surface area contributed by atoms with E-state index in [1.165, 1.54) is 22.0 Å². The van der Waals surface area contributed by atoms with Gasteiger partial charge in [0.25, 0.3) is 0 Å². The zero-order chi connectivity index (χ0) is 24.1. The lowest BCUT2D eigenvalue weighted by Gasteiger charge is -2.35. The van der Waals surface area contributed by atoms with E-state index in [4.69, 9.17) is 0 Å². The van der Waals surface area contributed by atoms with E-state index in [-0.39, 0.29) is 11.8 Å². The molecule has 3 aromatic rings. The van der Waals surface area contributed by atoms with Crippen LogP contribution < -0.4 is 5.32 Å². The minimum Gasteiger partial charge on any atom is -0.361 e. The number of nitrogens with one attached hydrogen (secondary N) is 2. The minimum absolute atomic E-state index is 0.0584. The van der Waals surface area contributed by atoms with E-state index < -0.39 is 11.5 Å². The number of para-hydroxylation sites is 1. The zero-order valence-corrected chi connectivity index (χ0v) is 20.6. The molecule has 1 atom stereocenters. The predicted octanol–water partition coefficient (Wildman–Crippen LogP) is 5.43. The highest BCUT2D eigenvalue weighted by Gasteiger charge is 2.32. The van der Waals surface area contributed by atoms with E-state index in [0.717, 1.165) is 38.8 Å². The fourth-order valence-corrected chi connectivity index (χ4v) is 4.85. The first-order valence-electron chi connectivity index (χ1n) is 12.5. The van der Waals surface area contributed by atoms with E-state index >= 15 is 0 Å². The molecule has 180 valence electrons. The second-order valence-electron chi connectivity index (χ2n) is 10.5. The molecule has 0 radical (unpaired) electrons. The standard InChI is InChI=1S/C29H37N3O2/c1-29(2,3)28(34)31-26(15-9-12-21-10-5-4-6-11-21)27(33)32-18-16-22(17-19-32)24-20-30-25-14-8-7-13-23(24)25/h4-8,10-11,13-14,20,22,26,30H,9,12,15-19H2,1-3H3,(H,31,34)/t26-/m1/s1. The number of aromatic nitrogens is 1. The zero-order valence-electron chi connectivity index (χ0n) is 20.6. The third-order valence-corrected chi connectivity index (χ3v) is 6.95. The number of hydrogen-bond acceptors (Lipinski definition) is 2. The highest BCUT2D eigenvalue weighted by molar-refractivity contribution is 5.89. The van der Waals surface area contributed by atoms with Gasteiger partial charge in [0, 0.05) is 35.6 Å². The number of carbonyl (C=O) groups is 2. The van der Waals surface area contributed by atoms with Gasteiger partial charge in [-0.15, -0.1) is 0 Å². The second kappa shape index (κ2) is 10.5. The molecule has 34 heavy (non-hydrogen) atoms. The van der Waals surface area contributed by atoms with Crippen LogP contribution in [0.15, 0.2) is 60.8 Å². The highest BCUT2D eigenvalue weighted by atomic mass is 16.2. The van der Waals surface area contributed by atoms with Gasteiger partial charge in [0.15, 0.2) is 0 Å². The van der Waals surface area contributed by atoms with Crippen LogP contribution in [-0.2, 0) is 16.0 Å². The molecule has 5 nitrogen and oxygen atoms in total. The third kappa shape index (κ3) is 5.69. The average molecular weight is 460 g/mol. The number of likely N-dealkylation sites (tertiary alicyclic amines) is 1. The predicted molar refractivity (Wildman–Crippen MR) is 138 cm³/mol. The van der Waals surface area contributed by atoms with Crippen molar-refractivity contribution in [1.29, 1.82) is 0 Å². The van der Waals surface area contributed by atoms with Gasteiger partial charge in [-0.1, -0.05) is 69.3 Å². The first-order valence-corrected chi connectivity index (χ1v) is 12.5. The molecule has 2 heterocycles. The molecule has 1 aromatic heterocycles. The van der Waals surface area contributed by atoms with Gasteiger partial charge in [0.2, 0.25) is 11.8 Å². The van der Waals surface area contributed by atoms with Crippen molar-refractivity contribution in [3.05, 3.63) is 71.9 Å². The van der Waals surface area contributed by atoms with Crippen molar-refractivity contribution < 1.29 is 9.59 Å². The van der Waals surface area contributed by atoms with Crippen LogP contribution in [0.1, 0.15) is 63.5 Å². The maximum Gasteiger partial charge on any atom is 0.245 e. The van der Waals surface area contributed by atoms with Gasteiger partial charge in [-0.25, -0.2) is 0 Å². The summed E-state index contributed by atoms with van der Waals surface area (Å²) in [4.78, 5) is 31.6. The van der Waals surface area contributed by atoms with E-state index in [0.29, 0.717) is 12.3 Å². The van der Waals surface area contributed by atoms with E-state index in [9.17, 15) is 9.59 Å². The smallest absolute Gasteiger partial charge is 0.245 e. The van der Waals surface area contributed by atoms with E-state index in [2.05, 4.69) is 46.8 Å². The molecule has 1 saturated heterocycles. The lowest BCUT2D eigenvalue weighted by atomic mass is 9.88. The third-order valence-electron chi connectivity index (χ3n) is 6.95. The molecule has 5 heteroatoms. The number of H-pyrrole nitrogens is 1. The Labute approximate surface area is 202 Å². The average Bonchev–Trinajstić information content (AvgIpc) is 3.27. The summed E-state index contributed by atoms with van der Waals surface area (Å²) in [7, 11) is 0. The molecule has 2 N–H and O–H groups in total. The summed E-state index contributed by atoms with van der Waals surface area (Å²) in [5, 5.41) is 4.35. The van der Waals surface area contributed by atoms with Crippen molar-refractivity contribution in [2.45, 2.75) is 64.8 Å². The SMILES string of the molecule is CC(C)(C)C(=O)N[C@H](CCCc1ccccc1)C(=O)N1CCC(c2c[nH]c3ccccc23)CC1. The molecule has 0 aliphatic carbocycles. The summed E-state index contributed by atoms with van der Waals surface area (Å²) in [5.41, 5.74) is 3.25. The van der Waals surface area contributed by atoms with E-state index in [1.54, 1.807) is 0 Å². The summed E-state index contributed by atoms with van der Waals surface area (Å²) in [6.45, 7) is 7.12. The maximum absolute atomic E-state index is 13.5. The van der Waals surface area contributed by atoms with Gasteiger partial charge in [0.05, 0.1) is 0 Å². The lowest BCUT2D eigenvalue weighted by Crippen LogP contribution is -2.52. The van der Waals surface area contributed by atoms with E-state index in [1.807, 2.05) is 49.9 Å². The fraction of sp³-hybridized carbons (Fsp3) is 0.448. The molecule has 1 aliphatic heterocycles. The lowest BCUT2D eigenvalue weighted by molar-refractivity contribution is -0.139. The van der Waals surface area contributed by atoms with Crippen LogP contribution >= 0.6 is 0 Å². The molecule has 2 aromatic carbocycles. The van der Waals surface area contributed by atoms with Crippen molar-refractivity contribution in [3.8, 4) is 0 Å². The minimum atomic E-state index is -0.527. The number of fused-ring (bicyclic) bond motifs is 1. The van der Waals surface area contributed by atoms with Gasteiger partial charge in [-0.3, -0.25) is 9.59 Å². The monoisotopic (exact) mass is 459 g/mol. The highest BCUT2D eigenvalue weighted by Crippen LogP contribution is 2.33. The fourth-order valence-electron chi connectivity index (χ4n) is 4.85. The number of aromatic amines is 1. The maximum atomic E-state index is 13.5. The summed E-state index contributed by atoms with van der Waals surface area (Å²) in [5.74, 6) is 0.433. The van der Waals surface area contributed by atoms with Gasteiger partial charge in [0.1, 0.15) is 6.04 Å². The van der Waals surface area contributed by atoms with Crippen LogP contribution in [0.3, 0.4) is 0 Å². The molecule has 0 unspecified atom stereocenters. The molecular formula is C29H37N3O2. The topological polar surface area (TPSA) is 65.2 Å². The second-order valence-corrected chi connectivity index (χ2v) is 10.5. The Hall–Kier alpha value is -3.08. The van der Waals surface area contributed by atoms with Gasteiger partial charge < -0.3 is 15.2 Å². The Kier molecular flexibility index (Phi) is 7.40. The van der Waals surface area contributed by atoms with Crippen LogP contribution in [-0.4, -0.2) is 40.8 Å². The van der Waals surface area contributed by atoms with Crippen LogP contribution in [0.25, 0.3) is 10.9 Å². The molecule has 0 bridgehead atoms. The molecule has 0 spiro atoms. The Morgan fingerprint density at radius 3 is 2.41 bits per heavy atom. The van der Waals surface area contributed by atoms with Crippen LogP contribution in [0.2, 0.25) is 0 Å². The number of aryl methyl sites for hydroxylation is 1. The van der Waals surface area contributed by atoms with Crippen molar-refractivity contribution in [3.63, 3.8) is 0 Å². The Morgan fingerprint density at radius 1 is 1.03 bits per heavy atom. The number of rotatable bonds is 7. The largest absolute Gasteiger partial charge is 0.361 e. The normalized spacial score (nSPS) is 15.9. The van der Waals surface area contributed by atoms with Gasteiger partial charge in [-0.2, -0.15) is 0 Å².